The Morgan fingerprint density at radius 1 is 1.29 bits per heavy atom. The Morgan fingerprint density at radius 3 is 2.76 bits per heavy atom. The van der Waals surface area contributed by atoms with Gasteiger partial charge in [-0.15, -0.1) is 0 Å². The quantitative estimate of drug-likeness (QED) is 0.882. The maximum Gasteiger partial charge on any atom is 0.164 e. The van der Waals surface area contributed by atoms with Crippen molar-refractivity contribution in [2.24, 2.45) is 5.73 Å². The predicted octanol–water partition coefficient (Wildman–Crippen LogP) is 2.52. The first-order chi connectivity index (χ1) is 10.1. The number of rotatable bonds is 4. The average molecular weight is 300 g/mol. The van der Waals surface area contributed by atoms with Crippen molar-refractivity contribution in [1.82, 2.24) is 14.8 Å². The normalized spacial score (nSPS) is 13.4. The van der Waals surface area contributed by atoms with Gasteiger partial charge in [-0.3, -0.25) is 0 Å². The molecule has 4 nitrogen and oxygen atoms in total. The van der Waals surface area contributed by atoms with Gasteiger partial charge >= 0.3 is 0 Å². The highest BCUT2D eigenvalue weighted by Crippen LogP contribution is 2.25. The van der Waals surface area contributed by atoms with Gasteiger partial charge in [0.2, 0.25) is 0 Å². The molecule has 2 heterocycles. The molecule has 0 aliphatic heterocycles. The van der Waals surface area contributed by atoms with E-state index < -0.39 is 0 Å². The number of thiocarbonyl (C=S) groups is 1. The van der Waals surface area contributed by atoms with Gasteiger partial charge < -0.3 is 5.73 Å². The van der Waals surface area contributed by atoms with E-state index >= 15 is 0 Å². The smallest absolute Gasteiger partial charge is 0.164 e. The van der Waals surface area contributed by atoms with E-state index in [0.29, 0.717) is 4.99 Å². The summed E-state index contributed by atoms with van der Waals surface area (Å²) in [4.78, 5) is 5.23. The van der Waals surface area contributed by atoms with Crippen LogP contribution in [0, 0.1) is 0 Å². The highest BCUT2D eigenvalue weighted by molar-refractivity contribution is 7.80. The summed E-state index contributed by atoms with van der Waals surface area (Å²) in [6.07, 6.45) is 5.07. The molecule has 1 aliphatic carbocycles. The van der Waals surface area contributed by atoms with Crippen molar-refractivity contribution < 1.29 is 0 Å². The van der Waals surface area contributed by atoms with Crippen LogP contribution in [0.5, 0.6) is 0 Å². The van der Waals surface area contributed by atoms with Crippen molar-refractivity contribution in [3.05, 3.63) is 40.3 Å². The molecule has 0 amide bonds. The summed E-state index contributed by atoms with van der Waals surface area (Å²) in [7, 11) is 0. The minimum atomic E-state index is 0.391. The number of hydrogen-bond donors (Lipinski definition) is 1. The molecule has 2 aromatic rings. The fourth-order valence-electron chi connectivity index (χ4n) is 2.89. The molecule has 3 rings (SSSR count). The maximum atomic E-state index is 5.93. The second kappa shape index (κ2) is 5.56. The summed E-state index contributed by atoms with van der Waals surface area (Å²) in [6, 6.07) is 4.25. The third-order valence-electron chi connectivity index (χ3n) is 4.05. The van der Waals surface area contributed by atoms with E-state index in [1.165, 1.54) is 11.3 Å². The van der Waals surface area contributed by atoms with Crippen molar-refractivity contribution in [3.63, 3.8) is 0 Å². The second-order valence-electron chi connectivity index (χ2n) is 5.43. The third kappa shape index (κ3) is 2.46. The molecule has 1 aliphatic rings. The van der Waals surface area contributed by atoms with Crippen LogP contribution in [0.4, 0.5) is 0 Å². The van der Waals surface area contributed by atoms with Gasteiger partial charge in [0.15, 0.2) is 5.82 Å². The molecular weight excluding hydrogens is 280 g/mol. The van der Waals surface area contributed by atoms with Crippen LogP contribution in [-0.2, 0) is 25.7 Å². The first-order valence-electron chi connectivity index (χ1n) is 7.54. The number of hydrogen-bond acceptors (Lipinski definition) is 3. The van der Waals surface area contributed by atoms with Gasteiger partial charge in [-0.05, 0) is 49.8 Å². The average Bonchev–Trinajstić information content (AvgIpc) is 3.11. The van der Waals surface area contributed by atoms with Crippen LogP contribution in [0.1, 0.15) is 48.5 Å². The number of pyridine rings is 1. The van der Waals surface area contributed by atoms with Gasteiger partial charge in [-0.2, -0.15) is 5.10 Å². The van der Waals surface area contributed by atoms with Crippen LogP contribution < -0.4 is 5.73 Å². The van der Waals surface area contributed by atoms with E-state index in [2.05, 4.69) is 31.1 Å². The Bertz CT molecular complexity index is 703. The highest BCUT2D eigenvalue weighted by atomic mass is 32.1. The Balaban J connectivity index is 2.21. The first kappa shape index (κ1) is 14.2. The predicted molar refractivity (Wildman–Crippen MR) is 88.0 cm³/mol. The lowest BCUT2D eigenvalue weighted by Gasteiger charge is -2.12. The molecule has 21 heavy (non-hydrogen) atoms. The van der Waals surface area contributed by atoms with Gasteiger partial charge in [-0.25, -0.2) is 9.67 Å². The van der Waals surface area contributed by atoms with Gasteiger partial charge in [-0.1, -0.05) is 26.1 Å². The van der Waals surface area contributed by atoms with E-state index in [0.717, 1.165) is 54.9 Å². The molecule has 0 atom stereocenters. The molecule has 110 valence electrons. The highest BCUT2D eigenvalue weighted by Gasteiger charge is 2.20. The number of aromatic nitrogens is 3. The molecule has 0 fully saturated rings. The van der Waals surface area contributed by atoms with E-state index in [1.807, 2.05) is 4.68 Å². The fourth-order valence-corrected chi connectivity index (χ4v) is 3.04. The van der Waals surface area contributed by atoms with Crippen molar-refractivity contribution in [3.8, 4) is 5.82 Å². The van der Waals surface area contributed by atoms with E-state index in [1.54, 1.807) is 0 Å². The second-order valence-corrected chi connectivity index (χ2v) is 5.87. The van der Waals surface area contributed by atoms with Crippen LogP contribution in [0.25, 0.3) is 5.82 Å². The monoisotopic (exact) mass is 300 g/mol. The van der Waals surface area contributed by atoms with Gasteiger partial charge in [0, 0.05) is 11.4 Å². The molecule has 0 spiro atoms. The minimum Gasteiger partial charge on any atom is -0.389 e. The number of fused-ring (bicyclic) bond motifs is 1. The Kier molecular flexibility index (Phi) is 3.76. The van der Waals surface area contributed by atoms with Gasteiger partial charge in [0.25, 0.3) is 0 Å². The van der Waals surface area contributed by atoms with E-state index in [9.17, 15) is 0 Å². The SMILES string of the molecule is CCc1cc(CC)n(-c2nc3c(cc2C(N)=S)CCC3)n1. The van der Waals surface area contributed by atoms with E-state index in [-0.39, 0.29) is 0 Å². The Morgan fingerprint density at radius 2 is 2.10 bits per heavy atom. The van der Waals surface area contributed by atoms with Crippen LogP contribution in [-0.4, -0.2) is 19.8 Å². The molecule has 0 aromatic carbocycles. The number of nitrogens with two attached hydrogens (primary N) is 1. The van der Waals surface area contributed by atoms with Gasteiger partial charge in [0.1, 0.15) is 4.99 Å². The molecule has 0 saturated heterocycles. The molecule has 5 heteroatoms. The molecular formula is C16H20N4S. The first-order valence-corrected chi connectivity index (χ1v) is 7.95. The lowest BCUT2D eigenvalue weighted by molar-refractivity contribution is 0.764. The molecule has 0 unspecified atom stereocenters. The Hall–Kier alpha value is -1.75. The van der Waals surface area contributed by atoms with Crippen molar-refractivity contribution >= 4 is 17.2 Å². The molecule has 0 saturated carbocycles. The summed E-state index contributed by atoms with van der Waals surface area (Å²) in [5.41, 5.74) is 11.4. The van der Waals surface area contributed by atoms with Crippen LogP contribution >= 0.6 is 12.2 Å². The van der Waals surface area contributed by atoms with Crippen LogP contribution in [0.2, 0.25) is 0 Å². The molecule has 2 N–H and O–H groups in total. The summed E-state index contributed by atoms with van der Waals surface area (Å²) < 4.78 is 1.92. The summed E-state index contributed by atoms with van der Waals surface area (Å²) in [5, 5.41) is 4.68. The zero-order chi connectivity index (χ0) is 15.0. The standard InChI is InChI=1S/C16H20N4S/c1-3-11-9-12(4-2)20(19-11)16-13(15(17)21)8-10-6-5-7-14(10)18-16/h8-9H,3-7H2,1-2H3,(H2,17,21). The molecule has 0 radical (unpaired) electrons. The van der Waals surface area contributed by atoms with Crippen molar-refractivity contribution in [2.75, 3.05) is 0 Å². The van der Waals surface area contributed by atoms with E-state index in [4.69, 9.17) is 22.9 Å². The fraction of sp³-hybridized carbons (Fsp3) is 0.438. The lowest BCUT2D eigenvalue weighted by atomic mass is 10.1. The number of nitrogens with zero attached hydrogens (tertiary/aromatic N) is 3. The molecule has 2 aromatic heterocycles. The van der Waals surface area contributed by atoms with Crippen LogP contribution in [0.15, 0.2) is 12.1 Å². The summed E-state index contributed by atoms with van der Waals surface area (Å²) >= 11 is 5.23. The third-order valence-corrected chi connectivity index (χ3v) is 4.27. The Labute approximate surface area is 130 Å². The maximum absolute atomic E-state index is 5.93. The largest absolute Gasteiger partial charge is 0.389 e. The molecule has 0 bridgehead atoms. The summed E-state index contributed by atoms with van der Waals surface area (Å²) in [5.74, 6) is 0.791. The zero-order valence-electron chi connectivity index (χ0n) is 12.5. The van der Waals surface area contributed by atoms with Crippen molar-refractivity contribution in [2.45, 2.75) is 46.0 Å². The minimum absolute atomic E-state index is 0.391. The lowest BCUT2D eigenvalue weighted by Crippen LogP contribution is -2.18. The topological polar surface area (TPSA) is 56.7 Å². The van der Waals surface area contributed by atoms with Crippen LogP contribution in [0.3, 0.4) is 0 Å². The zero-order valence-corrected chi connectivity index (χ0v) is 13.3. The summed E-state index contributed by atoms with van der Waals surface area (Å²) in [6.45, 7) is 4.23. The van der Waals surface area contributed by atoms with Gasteiger partial charge in [0.05, 0.1) is 11.3 Å². The van der Waals surface area contributed by atoms with Crippen molar-refractivity contribution in [1.29, 1.82) is 0 Å². The number of aryl methyl sites for hydroxylation is 4.